The number of anilines is 2. The van der Waals surface area contributed by atoms with E-state index in [1.807, 2.05) is 38.1 Å². The first-order valence-corrected chi connectivity index (χ1v) is 6.36. The molecule has 0 aliphatic rings. The summed E-state index contributed by atoms with van der Waals surface area (Å²) in [5.41, 5.74) is 10.2. The minimum atomic E-state index is -0.167. The lowest BCUT2D eigenvalue weighted by atomic mass is 10.0. The molecular formula is C16H19FN2. The van der Waals surface area contributed by atoms with Crippen LogP contribution in [-0.4, -0.2) is 0 Å². The molecule has 2 nitrogen and oxygen atoms in total. The Morgan fingerprint density at radius 2 is 1.79 bits per heavy atom. The molecule has 2 aromatic rings. The normalized spacial score (nSPS) is 12.2. The van der Waals surface area contributed by atoms with Crippen molar-refractivity contribution in [1.82, 2.24) is 0 Å². The number of halogens is 1. The van der Waals surface area contributed by atoms with Crippen LogP contribution in [0.25, 0.3) is 0 Å². The zero-order chi connectivity index (χ0) is 14.0. The molecule has 100 valence electrons. The van der Waals surface area contributed by atoms with Gasteiger partial charge < -0.3 is 11.1 Å². The van der Waals surface area contributed by atoms with Crippen molar-refractivity contribution in [3.63, 3.8) is 0 Å². The summed E-state index contributed by atoms with van der Waals surface area (Å²) in [5.74, 6) is -0.167. The molecule has 2 rings (SSSR count). The van der Waals surface area contributed by atoms with Crippen LogP contribution in [0, 0.1) is 19.7 Å². The largest absolute Gasteiger partial charge is 0.399 e. The van der Waals surface area contributed by atoms with Crippen molar-refractivity contribution in [2.24, 2.45) is 0 Å². The van der Waals surface area contributed by atoms with E-state index in [0.29, 0.717) is 5.56 Å². The standard InChI is InChI=1S/C16H19FN2/c1-10-4-5-13(9-15(10)17)12(3)19-16-7-6-14(18)8-11(16)2/h4-9,12,19H,18H2,1-3H3. The van der Waals surface area contributed by atoms with Crippen molar-refractivity contribution in [2.45, 2.75) is 26.8 Å². The number of nitrogen functional groups attached to an aromatic ring is 1. The van der Waals surface area contributed by atoms with E-state index in [1.54, 1.807) is 19.1 Å². The van der Waals surface area contributed by atoms with Gasteiger partial charge in [-0.15, -0.1) is 0 Å². The number of hydrogen-bond acceptors (Lipinski definition) is 2. The lowest BCUT2D eigenvalue weighted by Crippen LogP contribution is -2.08. The Labute approximate surface area is 113 Å². The van der Waals surface area contributed by atoms with Crippen LogP contribution in [0.15, 0.2) is 36.4 Å². The van der Waals surface area contributed by atoms with E-state index in [0.717, 1.165) is 22.5 Å². The van der Waals surface area contributed by atoms with Crippen LogP contribution in [-0.2, 0) is 0 Å². The predicted octanol–water partition coefficient (Wildman–Crippen LogP) is 4.20. The van der Waals surface area contributed by atoms with Gasteiger partial charge in [0.1, 0.15) is 5.82 Å². The average molecular weight is 258 g/mol. The predicted molar refractivity (Wildman–Crippen MR) is 78.8 cm³/mol. The molecule has 0 heterocycles. The Balaban J connectivity index is 2.20. The molecular weight excluding hydrogens is 239 g/mol. The number of rotatable bonds is 3. The molecule has 0 aliphatic carbocycles. The second kappa shape index (κ2) is 5.31. The summed E-state index contributed by atoms with van der Waals surface area (Å²) in [6, 6.07) is 11.1. The average Bonchev–Trinajstić information content (AvgIpc) is 2.36. The highest BCUT2D eigenvalue weighted by atomic mass is 19.1. The molecule has 0 fully saturated rings. The summed E-state index contributed by atoms with van der Waals surface area (Å²) in [6.07, 6.45) is 0. The Bertz CT molecular complexity index is 593. The maximum absolute atomic E-state index is 13.6. The molecule has 3 heteroatoms. The molecule has 0 aromatic heterocycles. The third kappa shape index (κ3) is 3.05. The van der Waals surface area contributed by atoms with Gasteiger partial charge in [0.05, 0.1) is 0 Å². The third-order valence-corrected chi connectivity index (χ3v) is 3.32. The van der Waals surface area contributed by atoms with E-state index in [2.05, 4.69) is 5.32 Å². The Morgan fingerprint density at radius 3 is 2.42 bits per heavy atom. The first-order valence-electron chi connectivity index (χ1n) is 6.36. The van der Waals surface area contributed by atoms with Gasteiger partial charge in [0, 0.05) is 17.4 Å². The van der Waals surface area contributed by atoms with Gasteiger partial charge in [0.15, 0.2) is 0 Å². The van der Waals surface area contributed by atoms with E-state index in [-0.39, 0.29) is 11.9 Å². The van der Waals surface area contributed by atoms with Gasteiger partial charge in [-0.25, -0.2) is 4.39 Å². The van der Waals surface area contributed by atoms with Crippen LogP contribution in [0.1, 0.15) is 29.7 Å². The quantitative estimate of drug-likeness (QED) is 0.810. The smallest absolute Gasteiger partial charge is 0.126 e. The van der Waals surface area contributed by atoms with Crippen LogP contribution in [0.2, 0.25) is 0 Å². The summed E-state index contributed by atoms with van der Waals surface area (Å²) < 4.78 is 13.6. The summed E-state index contributed by atoms with van der Waals surface area (Å²) in [7, 11) is 0. The second-order valence-corrected chi connectivity index (χ2v) is 4.95. The van der Waals surface area contributed by atoms with E-state index >= 15 is 0 Å². The van der Waals surface area contributed by atoms with Crippen LogP contribution < -0.4 is 11.1 Å². The molecule has 3 N–H and O–H groups in total. The number of nitrogens with one attached hydrogen (secondary N) is 1. The summed E-state index contributed by atoms with van der Waals surface area (Å²) >= 11 is 0. The maximum atomic E-state index is 13.6. The number of hydrogen-bond donors (Lipinski definition) is 2. The fourth-order valence-electron chi connectivity index (χ4n) is 2.04. The Morgan fingerprint density at radius 1 is 1.05 bits per heavy atom. The van der Waals surface area contributed by atoms with Crippen LogP contribution in [0.4, 0.5) is 15.8 Å². The van der Waals surface area contributed by atoms with E-state index in [4.69, 9.17) is 5.73 Å². The number of nitrogens with two attached hydrogens (primary N) is 1. The molecule has 0 amide bonds. The SMILES string of the molecule is Cc1ccc(C(C)Nc2ccc(N)cc2C)cc1F. The highest BCUT2D eigenvalue weighted by Gasteiger charge is 2.09. The van der Waals surface area contributed by atoms with Gasteiger partial charge in [-0.1, -0.05) is 12.1 Å². The molecule has 0 saturated heterocycles. The second-order valence-electron chi connectivity index (χ2n) is 4.95. The number of aryl methyl sites for hydroxylation is 2. The molecule has 1 atom stereocenters. The fraction of sp³-hybridized carbons (Fsp3) is 0.250. The van der Waals surface area contributed by atoms with Crippen LogP contribution in [0.5, 0.6) is 0 Å². The third-order valence-electron chi connectivity index (χ3n) is 3.32. The Kier molecular flexibility index (Phi) is 3.74. The lowest BCUT2D eigenvalue weighted by molar-refractivity contribution is 0.614. The first kappa shape index (κ1) is 13.4. The highest BCUT2D eigenvalue weighted by Crippen LogP contribution is 2.24. The Hall–Kier alpha value is -2.03. The van der Waals surface area contributed by atoms with Crippen molar-refractivity contribution < 1.29 is 4.39 Å². The van der Waals surface area contributed by atoms with E-state index in [1.165, 1.54) is 0 Å². The topological polar surface area (TPSA) is 38.0 Å². The first-order chi connectivity index (χ1) is 8.97. The van der Waals surface area contributed by atoms with Gasteiger partial charge in [-0.2, -0.15) is 0 Å². The maximum Gasteiger partial charge on any atom is 0.126 e. The molecule has 0 bridgehead atoms. The lowest BCUT2D eigenvalue weighted by Gasteiger charge is -2.18. The van der Waals surface area contributed by atoms with E-state index < -0.39 is 0 Å². The van der Waals surface area contributed by atoms with Crippen molar-refractivity contribution in [3.05, 3.63) is 58.9 Å². The summed E-state index contributed by atoms with van der Waals surface area (Å²) in [4.78, 5) is 0. The van der Waals surface area contributed by atoms with Crippen molar-refractivity contribution in [2.75, 3.05) is 11.1 Å². The number of benzene rings is 2. The molecule has 19 heavy (non-hydrogen) atoms. The van der Waals surface area contributed by atoms with Gasteiger partial charge in [0.25, 0.3) is 0 Å². The highest BCUT2D eigenvalue weighted by molar-refractivity contribution is 5.58. The van der Waals surface area contributed by atoms with Gasteiger partial charge in [0.2, 0.25) is 0 Å². The minimum absolute atomic E-state index is 0.0393. The van der Waals surface area contributed by atoms with Crippen LogP contribution >= 0.6 is 0 Å². The zero-order valence-corrected chi connectivity index (χ0v) is 11.5. The van der Waals surface area contributed by atoms with Crippen LogP contribution in [0.3, 0.4) is 0 Å². The molecule has 0 radical (unpaired) electrons. The molecule has 1 unspecified atom stereocenters. The summed E-state index contributed by atoms with van der Waals surface area (Å²) in [5, 5.41) is 3.38. The van der Waals surface area contributed by atoms with Gasteiger partial charge >= 0.3 is 0 Å². The van der Waals surface area contributed by atoms with Crippen molar-refractivity contribution in [3.8, 4) is 0 Å². The fourth-order valence-corrected chi connectivity index (χ4v) is 2.04. The molecule has 0 saturated carbocycles. The summed E-state index contributed by atoms with van der Waals surface area (Å²) in [6.45, 7) is 5.78. The monoisotopic (exact) mass is 258 g/mol. The zero-order valence-electron chi connectivity index (χ0n) is 11.5. The van der Waals surface area contributed by atoms with Crippen molar-refractivity contribution in [1.29, 1.82) is 0 Å². The molecule has 0 spiro atoms. The molecule has 2 aromatic carbocycles. The molecule has 0 aliphatic heterocycles. The van der Waals surface area contributed by atoms with E-state index in [9.17, 15) is 4.39 Å². The van der Waals surface area contributed by atoms with Gasteiger partial charge in [-0.3, -0.25) is 0 Å². The van der Waals surface area contributed by atoms with Gasteiger partial charge in [-0.05, 0) is 61.7 Å². The van der Waals surface area contributed by atoms with Crippen molar-refractivity contribution >= 4 is 11.4 Å². The minimum Gasteiger partial charge on any atom is -0.399 e.